The van der Waals surface area contributed by atoms with Crippen LogP contribution in [-0.2, 0) is 4.79 Å². The van der Waals surface area contributed by atoms with Crippen molar-refractivity contribution in [3.8, 4) is 0 Å². The van der Waals surface area contributed by atoms with Crippen molar-refractivity contribution in [3.63, 3.8) is 0 Å². The molecule has 1 spiro atoms. The molecule has 1 amide bonds. The van der Waals surface area contributed by atoms with E-state index in [2.05, 4.69) is 19.2 Å². The fraction of sp³-hybridized carbons (Fsp3) is 0.909. The minimum absolute atomic E-state index is 0.00579. The van der Waals surface area contributed by atoms with Gasteiger partial charge in [0, 0.05) is 13.1 Å². The number of likely N-dealkylation sites (tertiary alicyclic amines) is 1. The van der Waals surface area contributed by atoms with Crippen LogP contribution in [0.4, 0.5) is 0 Å². The molecule has 1 N–H and O–H groups in total. The van der Waals surface area contributed by atoms with Crippen molar-refractivity contribution in [2.24, 2.45) is 11.3 Å². The standard InChI is InChI=1S/C11H20N2O/c1-8(2)9-11(10(14)13(9)3)4-6-12-7-5-11/h8-9,12H,4-7H2,1-3H3. The second-order valence-corrected chi connectivity index (χ2v) is 5.01. The van der Waals surface area contributed by atoms with Gasteiger partial charge in [0.05, 0.1) is 5.41 Å². The van der Waals surface area contributed by atoms with Gasteiger partial charge >= 0.3 is 0 Å². The Labute approximate surface area is 85.8 Å². The zero-order valence-corrected chi connectivity index (χ0v) is 9.34. The first-order valence-corrected chi connectivity index (χ1v) is 5.57. The van der Waals surface area contributed by atoms with Gasteiger partial charge < -0.3 is 10.2 Å². The molecule has 80 valence electrons. The molecule has 0 radical (unpaired) electrons. The molecule has 2 fully saturated rings. The third-order valence-electron chi connectivity index (χ3n) is 3.86. The maximum absolute atomic E-state index is 12.0. The topological polar surface area (TPSA) is 32.3 Å². The number of rotatable bonds is 1. The third-order valence-corrected chi connectivity index (χ3v) is 3.86. The molecule has 3 nitrogen and oxygen atoms in total. The van der Waals surface area contributed by atoms with Crippen LogP contribution < -0.4 is 5.32 Å². The van der Waals surface area contributed by atoms with Crippen LogP contribution in [0.1, 0.15) is 26.7 Å². The van der Waals surface area contributed by atoms with Gasteiger partial charge in [-0.2, -0.15) is 0 Å². The molecule has 2 heterocycles. The number of piperidine rings is 1. The minimum atomic E-state index is -0.00579. The molecular weight excluding hydrogens is 176 g/mol. The first kappa shape index (κ1) is 9.97. The van der Waals surface area contributed by atoms with E-state index in [-0.39, 0.29) is 5.41 Å². The average Bonchev–Trinajstić information content (AvgIpc) is 2.18. The lowest BCUT2D eigenvalue weighted by Gasteiger charge is -2.58. The average molecular weight is 196 g/mol. The number of carbonyl (C=O) groups excluding carboxylic acids is 1. The fourth-order valence-electron chi connectivity index (χ4n) is 3.38. The van der Waals surface area contributed by atoms with Crippen LogP contribution in [0.3, 0.4) is 0 Å². The third kappa shape index (κ3) is 1.11. The lowest BCUT2D eigenvalue weighted by atomic mass is 9.61. The Morgan fingerprint density at radius 1 is 1.43 bits per heavy atom. The van der Waals surface area contributed by atoms with Crippen molar-refractivity contribution in [3.05, 3.63) is 0 Å². The van der Waals surface area contributed by atoms with Crippen LogP contribution in [-0.4, -0.2) is 37.0 Å². The minimum Gasteiger partial charge on any atom is -0.341 e. The Bertz CT molecular complexity index is 244. The van der Waals surface area contributed by atoms with Crippen LogP contribution in [0.5, 0.6) is 0 Å². The van der Waals surface area contributed by atoms with E-state index >= 15 is 0 Å². The van der Waals surface area contributed by atoms with E-state index in [4.69, 9.17) is 0 Å². The highest BCUT2D eigenvalue weighted by Crippen LogP contribution is 2.48. The molecule has 1 atom stereocenters. The van der Waals surface area contributed by atoms with Crippen LogP contribution in [0.25, 0.3) is 0 Å². The molecule has 0 bridgehead atoms. The summed E-state index contributed by atoms with van der Waals surface area (Å²) in [5, 5.41) is 3.33. The van der Waals surface area contributed by atoms with Gasteiger partial charge in [0.15, 0.2) is 0 Å². The Morgan fingerprint density at radius 3 is 2.50 bits per heavy atom. The molecule has 0 aliphatic carbocycles. The van der Waals surface area contributed by atoms with Gasteiger partial charge in [-0.1, -0.05) is 13.8 Å². The molecule has 3 heteroatoms. The quantitative estimate of drug-likeness (QED) is 0.631. The van der Waals surface area contributed by atoms with Crippen molar-refractivity contribution < 1.29 is 4.79 Å². The second kappa shape index (κ2) is 3.23. The molecule has 2 rings (SSSR count). The van der Waals surface area contributed by atoms with Crippen molar-refractivity contribution in [2.45, 2.75) is 32.7 Å². The summed E-state index contributed by atoms with van der Waals surface area (Å²) in [6.45, 7) is 6.44. The number of hydrogen-bond acceptors (Lipinski definition) is 2. The fourth-order valence-corrected chi connectivity index (χ4v) is 3.38. The highest BCUT2D eigenvalue weighted by Gasteiger charge is 2.59. The van der Waals surface area contributed by atoms with Gasteiger partial charge in [0.1, 0.15) is 0 Å². The van der Waals surface area contributed by atoms with E-state index in [9.17, 15) is 4.79 Å². The summed E-state index contributed by atoms with van der Waals surface area (Å²) < 4.78 is 0. The van der Waals surface area contributed by atoms with Gasteiger partial charge in [-0.25, -0.2) is 0 Å². The van der Waals surface area contributed by atoms with Gasteiger partial charge in [-0.15, -0.1) is 0 Å². The Kier molecular flexibility index (Phi) is 2.30. The summed E-state index contributed by atoms with van der Waals surface area (Å²) in [5.74, 6) is 0.952. The summed E-state index contributed by atoms with van der Waals surface area (Å²) in [6, 6.07) is 0.470. The van der Waals surface area contributed by atoms with Crippen molar-refractivity contribution >= 4 is 5.91 Å². The van der Waals surface area contributed by atoms with Crippen LogP contribution in [0, 0.1) is 11.3 Å². The zero-order valence-electron chi connectivity index (χ0n) is 9.34. The van der Waals surface area contributed by atoms with Gasteiger partial charge in [-0.3, -0.25) is 4.79 Å². The molecule has 0 aromatic rings. The molecule has 2 aliphatic rings. The molecule has 0 aromatic heterocycles. The Balaban J connectivity index is 2.19. The van der Waals surface area contributed by atoms with Crippen molar-refractivity contribution in [1.29, 1.82) is 0 Å². The largest absolute Gasteiger partial charge is 0.341 e. The number of hydrogen-bond donors (Lipinski definition) is 1. The number of nitrogens with zero attached hydrogens (tertiary/aromatic N) is 1. The summed E-state index contributed by atoms with van der Waals surface area (Å²) in [5.41, 5.74) is -0.00579. The number of nitrogens with one attached hydrogen (secondary N) is 1. The Hall–Kier alpha value is -0.570. The molecule has 2 aliphatic heterocycles. The first-order valence-electron chi connectivity index (χ1n) is 5.57. The highest BCUT2D eigenvalue weighted by atomic mass is 16.2. The molecule has 14 heavy (non-hydrogen) atoms. The zero-order chi connectivity index (χ0) is 10.3. The molecule has 0 aromatic carbocycles. The number of amides is 1. The maximum Gasteiger partial charge on any atom is 0.231 e. The normalized spacial score (nSPS) is 31.0. The summed E-state index contributed by atoms with van der Waals surface area (Å²) in [6.07, 6.45) is 2.05. The summed E-state index contributed by atoms with van der Waals surface area (Å²) in [7, 11) is 1.94. The molecule has 2 saturated heterocycles. The van der Waals surface area contributed by atoms with Crippen LogP contribution in [0.15, 0.2) is 0 Å². The van der Waals surface area contributed by atoms with Gasteiger partial charge in [0.2, 0.25) is 5.91 Å². The van der Waals surface area contributed by atoms with E-state index in [1.54, 1.807) is 0 Å². The number of β-lactam (4-membered cyclic amide) rings is 1. The molecule has 1 unspecified atom stereocenters. The lowest BCUT2D eigenvalue weighted by Crippen LogP contribution is -2.71. The Morgan fingerprint density at radius 2 is 2.00 bits per heavy atom. The predicted octanol–water partition coefficient (Wildman–Crippen LogP) is 0.853. The predicted molar refractivity (Wildman–Crippen MR) is 55.9 cm³/mol. The highest BCUT2D eigenvalue weighted by molar-refractivity contribution is 5.90. The van der Waals surface area contributed by atoms with E-state index in [0.29, 0.717) is 17.9 Å². The van der Waals surface area contributed by atoms with Gasteiger partial charge in [-0.05, 0) is 31.8 Å². The summed E-state index contributed by atoms with van der Waals surface area (Å²) >= 11 is 0. The maximum atomic E-state index is 12.0. The van der Waals surface area contributed by atoms with Crippen molar-refractivity contribution in [1.82, 2.24) is 10.2 Å². The lowest BCUT2D eigenvalue weighted by molar-refractivity contribution is -0.177. The van der Waals surface area contributed by atoms with Crippen molar-refractivity contribution in [2.75, 3.05) is 20.1 Å². The monoisotopic (exact) mass is 196 g/mol. The van der Waals surface area contributed by atoms with Crippen LogP contribution >= 0.6 is 0 Å². The smallest absolute Gasteiger partial charge is 0.231 e. The van der Waals surface area contributed by atoms with E-state index in [1.807, 2.05) is 11.9 Å². The van der Waals surface area contributed by atoms with E-state index in [0.717, 1.165) is 25.9 Å². The summed E-state index contributed by atoms with van der Waals surface area (Å²) in [4.78, 5) is 13.9. The van der Waals surface area contributed by atoms with E-state index in [1.165, 1.54) is 0 Å². The molecule has 0 saturated carbocycles. The molecular formula is C11H20N2O. The SMILES string of the molecule is CC(C)C1N(C)C(=O)C12CCNCC2. The van der Waals surface area contributed by atoms with E-state index < -0.39 is 0 Å². The van der Waals surface area contributed by atoms with Crippen LogP contribution in [0.2, 0.25) is 0 Å². The second-order valence-electron chi connectivity index (χ2n) is 5.01. The first-order chi connectivity index (χ1) is 6.59. The van der Waals surface area contributed by atoms with Gasteiger partial charge in [0.25, 0.3) is 0 Å². The number of carbonyl (C=O) groups is 1.